The zero-order valence-corrected chi connectivity index (χ0v) is 12.9. The van der Waals surface area contributed by atoms with Gasteiger partial charge < -0.3 is 5.11 Å². The second-order valence-electron chi connectivity index (χ2n) is 5.06. The highest BCUT2D eigenvalue weighted by molar-refractivity contribution is 6.30. The number of carboxylic acids is 1. The van der Waals surface area contributed by atoms with Crippen molar-refractivity contribution in [3.63, 3.8) is 0 Å². The lowest BCUT2D eigenvalue weighted by atomic mass is 9.98. The zero-order chi connectivity index (χ0) is 16.2. The summed E-state index contributed by atoms with van der Waals surface area (Å²) in [5, 5.41) is 16.9. The van der Waals surface area contributed by atoms with E-state index >= 15 is 0 Å². The molecule has 0 radical (unpaired) electrons. The summed E-state index contributed by atoms with van der Waals surface area (Å²) in [6, 6.07) is 11.2. The molecule has 0 spiro atoms. The van der Waals surface area contributed by atoms with Crippen LogP contribution in [0.5, 0.6) is 0 Å². The summed E-state index contributed by atoms with van der Waals surface area (Å²) in [4.78, 5) is 14.9. The van der Waals surface area contributed by atoms with Crippen molar-refractivity contribution in [2.24, 2.45) is 0 Å². The van der Waals surface area contributed by atoms with Crippen molar-refractivity contribution in [3.05, 3.63) is 59.5 Å². The summed E-state index contributed by atoms with van der Waals surface area (Å²) in [5.74, 6) is -0.840. The fraction of sp³-hybridized carbons (Fsp3) is 0.118. The smallest absolute Gasteiger partial charge is 0.303 e. The Kier molecular flexibility index (Phi) is 4.39. The van der Waals surface area contributed by atoms with Gasteiger partial charge in [-0.2, -0.15) is 5.10 Å². The number of aromatic nitrogens is 3. The maximum atomic E-state index is 10.9. The molecule has 0 saturated heterocycles. The lowest BCUT2D eigenvalue weighted by Gasteiger charge is -2.06. The molecular weight excluding hydrogens is 314 g/mol. The minimum absolute atomic E-state index is 0.0420. The van der Waals surface area contributed by atoms with Crippen LogP contribution in [0.25, 0.3) is 22.4 Å². The summed E-state index contributed by atoms with van der Waals surface area (Å²) in [6.45, 7) is 0. The molecule has 5 nitrogen and oxygen atoms in total. The Hall–Kier alpha value is -2.66. The van der Waals surface area contributed by atoms with Gasteiger partial charge >= 0.3 is 5.97 Å². The number of aryl methyl sites for hydroxylation is 1. The molecule has 3 aromatic rings. The van der Waals surface area contributed by atoms with Gasteiger partial charge in [0.15, 0.2) is 0 Å². The van der Waals surface area contributed by atoms with Crippen LogP contribution in [-0.2, 0) is 11.2 Å². The number of H-pyrrole nitrogens is 1. The maximum Gasteiger partial charge on any atom is 0.303 e. The second-order valence-corrected chi connectivity index (χ2v) is 5.50. The molecule has 0 unspecified atom stereocenters. The lowest BCUT2D eigenvalue weighted by molar-refractivity contribution is -0.136. The number of carboxylic acid groups (broad SMARTS) is 1. The maximum absolute atomic E-state index is 10.9. The molecule has 1 aromatic carbocycles. The first-order valence-electron chi connectivity index (χ1n) is 7.10. The summed E-state index contributed by atoms with van der Waals surface area (Å²) in [5.41, 5.74) is 4.32. The summed E-state index contributed by atoms with van der Waals surface area (Å²) in [6.07, 6.45) is 3.83. The summed E-state index contributed by atoms with van der Waals surface area (Å²) < 4.78 is 0. The van der Waals surface area contributed by atoms with Crippen molar-refractivity contribution in [2.75, 3.05) is 0 Å². The lowest BCUT2D eigenvalue weighted by Crippen LogP contribution is -1.99. The molecule has 3 rings (SSSR count). The molecule has 23 heavy (non-hydrogen) atoms. The summed E-state index contributed by atoms with van der Waals surface area (Å²) in [7, 11) is 0. The van der Waals surface area contributed by atoms with Crippen LogP contribution in [0.3, 0.4) is 0 Å². The van der Waals surface area contributed by atoms with E-state index in [1.165, 1.54) is 0 Å². The largest absolute Gasteiger partial charge is 0.481 e. The van der Waals surface area contributed by atoms with Gasteiger partial charge in [-0.3, -0.25) is 14.9 Å². The number of pyridine rings is 1. The Bertz CT molecular complexity index is 814. The Balaban J connectivity index is 2.09. The van der Waals surface area contributed by atoms with Crippen LogP contribution in [0.1, 0.15) is 12.1 Å². The molecule has 0 fully saturated rings. The Morgan fingerprint density at radius 3 is 2.43 bits per heavy atom. The molecule has 0 aliphatic rings. The average Bonchev–Trinajstić information content (AvgIpc) is 2.98. The molecule has 2 heterocycles. The molecule has 0 atom stereocenters. The zero-order valence-electron chi connectivity index (χ0n) is 12.2. The first-order chi connectivity index (χ1) is 11.1. The number of benzene rings is 1. The third-order valence-corrected chi connectivity index (χ3v) is 3.77. The highest BCUT2D eigenvalue weighted by atomic mass is 35.5. The van der Waals surface area contributed by atoms with Crippen LogP contribution >= 0.6 is 11.6 Å². The molecule has 6 heteroatoms. The van der Waals surface area contributed by atoms with Gasteiger partial charge in [-0.15, -0.1) is 0 Å². The van der Waals surface area contributed by atoms with Crippen LogP contribution in [0, 0.1) is 0 Å². The third-order valence-electron chi connectivity index (χ3n) is 3.52. The van der Waals surface area contributed by atoms with Crippen molar-refractivity contribution >= 4 is 17.6 Å². The van der Waals surface area contributed by atoms with Gasteiger partial charge in [0.25, 0.3) is 0 Å². The Labute approximate surface area is 138 Å². The highest BCUT2D eigenvalue weighted by Gasteiger charge is 2.17. The minimum atomic E-state index is -0.840. The van der Waals surface area contributed by atoms with Crippen molar-refractivity contribution < 1.29 is 9.90 Å². The number of carbonyl (C=O) groups is 1. The molecule has 0 bridgehead atoms. The SMILES string of the molecule is O=C(O)CCc1[nH]nc(-c2ccc(Cl)cc2)c1-c1ccncc1. The van der Waals surface area contributed by atoms with E-state index in [2.05, 4.69) is 15.2 Å². The molecule has 0 saturated carbocycles. The normalized spacial score (nSPS) is 10.7. The van der Waals surface area contributed by atoms with Crippen molar-refractivity contribution in [1.82, 2.24) is 15.2 Å². The van der Waals surface area contributed by atoms with Crippen molar-refractivity contribution in [2.45, 2.75) is 12.8 Å². The number of rotatable bonds is 5. The van der Waals surface area contributed by atoms with Crippen LogP contribution in [0.15, 0.2) is 48.8 Å². The van der Waals surface area contributed by atoms with E-state index in [1.54, 1.807) is 24.5 Å². The molecule has 116 valence electrons. The number of aliphatic carboxylic acids is 1. The van der Waals surface area contributed by atoms with E-state index in [0.29, 0.717) is 11.4 Å². The van der Waals surface area contributed by atoms with E-state index < -0.39 is 5.97 Å². The number of nitrogens with one attached hydrogen (secondary N) is 1. The third kappa shape index (κ3) is 3.40. The van der Waals surface area contributed by atoms with E-state index in [4.69, 9.17) is 16.7 Å². The van der Waals surface area contributed by atoms with E-state index in [0.717, 1.165) is 28.1 Å². The Morgan fingerprint density at radius 1 is 1.09 bits per heavy atom. The van der Waals surface area contributed by atoms with Crippen molar-refractivity contribution in [1.29, 1.82) is 0 Å². The average molecular weight is 328 g/mol. The number of nitrogens with zero attached hydrogens (tertiary/aromatic N) is 2. The Morgan fingerprint density at radius 2 is 1.78 bits per heavy atom. The highest BCUT2D eigenvalue weighted by Crippen LogP contribution is 2.34. The van der Waals surface area contributed by atoms with E-state index in [9.17, 15) is 4.79 Å². The summed E-state index contributed by atoms with van der Waals surface area (Å²) >= 11 is 5.94. The molecule has 2 N–H and O–H groups in total. The van der Waals surface area contributed by atoms with Gasteiger partial charge in [0.05, 0.1) is 6.42 Å². The van der Waals surface area contributed by atoms with Gasteiger partial charge in [0.2, 0.25) is 0 Å². The predicted molar refractivity (Wildman–Crippen MR) is 88.2 cm³/mol. The van der Waals surface area contributed by atoms with Gasteiger partial charge in [-0.05, 0) is 29.8 Å². The number of hydrogen-bond donors (Lipinski definition) is 2. The monoisotopic (exact) mass is 327 g/mol. The van der Waals surface area contributed by atoms with E-state index in [-0.39, 0.29) is 6.42 Å². The molecule has 2 aromatic heterocycles. The fourth-order valence-corrected chi connectivity index (χ4v) is 2.56. The van der Waals surface area contributed by atoms with E-state index in [1.807, 2.05) is 24.3 Å². The van der Waals surface area contributed by atoms with Gasteiger partial charge in [-0.1, -0.05) is 23.7 Å². The first-order valence-corrected chi connectivity index (χ1v) is 7.48. The topological polar surface area (TPSA) is 78.9 Å². The number of hydrogen-bond acceptors (Lipinski definition) is 3. The van der Waals surface area contributed by atoms with Crippen LogP contribution in [-0.4, -0.2) is 26.3 Å². The minimum Gasteiger partial charge on any atom is -0.481 e. The standard InChI is InChI=1S/C17H14ClN3O2/c18-13-3-1-12(2-4-13)17-16(11-7-9-19-10-8-11)14(20-21-17)5-6-15(22)23/h1-4,7-10H,5-6H2,(H,20,21)(H,22,23). The number of aromatic amines is 1. The first kappa shape index (κ1) is 15.2. The van der Waals surface area contributed by atoms with Crippen LogP contribution < -0.4 is 0 Å². The fourth-order valence-electron chi connectivity index (χ4n) is 2.44. The van der Waals surface area contributed by atoms with Crippen molar-refractivity contribution in [3.8, 4) is 22.4 Å². The molecular formula is C17H14ClN3O2. The van der Waals surface area contributed by atoms with Gasteiger partial charge in [0, 0.05) is 40.7 Å². The molecule has 0 aliphatic carbocycles. The van der Waals surface area contributed by atoms with Crippen LogP contribution in [0.4, 0.5) is 0 Å². The quantitative estimate of drug-likeness (QED) is 0.747. The molecule has 0 aliphatic heterocycles. The second kappa shape index (κ2) is 6.62. The number of halogens is 1. The molecule has 0 amide bonds. The van der Waals surface area contributed by atoms with Gasteiger partial charge in [0.1, 0.15) is 5.69 Å². The van der Waals surface area contributed by atoms with Gasteiger partial charge in [-0.25, -0.2) is 0 Å². The van der Waals surface area contributed by atoms with Crippen LogP contribution in [0.2, 0.25) is 5.02 Å². The predicted octanol–water partition coefficient (Wildman–Crippen LogP) is 3.81.